The molecular weight excluding hydrogens is 260 g/mol. The lowest BCUT2D eigenvalue weighted by molar-refractivity contribution is 0.0683. The Morgan fingerprint density at radius 3 is 2.58 bits per heavy atom. The molecule has 0 aromatic carbocycles. The Morgan fingerprint density at radius 2 is 1.95 bits per heavy atom. The SMILES string of the molecule is COCCOCCCCn1c(C(C)(C)C)c[nH]c1=S. The molecule has 0 fully saturated rings. The summed E-state index contributed by atoms with van der Waals surface area (Å²) in [4.78, 5) is 3.14. The molecule has 0 aliphatic carbocycles. The smallest absolute Gasteiger partial charge is 0.177 e. The summed E-state index contributed by atoms with van der Waals surface area (Å²) in [6.07, 6.45) is 4.14. The second-order valence-electron chi connectivity index (χ2n) is 5.69. The van der Waals surface area contributed by atoms with Gasteiger partial charge in [-0.1, -0.05) is 20.8 Å². The first-order valence-corrected chi connectivity index (χ1v) is 7.23. The third kappa shape index (κ3) is 5.47. The molecule has 0 radical (unpaired) electrons. The van der Waals surface area contributed by atoms with Crippen LogP contribution in [0.3, 0.4) is 0 Å². The topological polar surface area (TPSA) is 39.2 Å². The number of methoxy groups -OCH3 is 1. The predicted molar refractivity (Wildman–Crippen MR) is 80.2 cm³/mol. The number of rotatable bonds is 8. The minimum atomic E-state index is 0.114. The molecule has 0 unspecified atom stereocenters. The maximum atomic E-state index is 5.45. The number of aromatic amines is 1. The van der Waals surface area contributed by atoms with E-state index >= 15 is 0 Å². The highest BCUT2D eigenvalue weighted by molar-refractivity contribution is 7.71. The van der Waals surface area contributed by atoms with Crippen LogP contribution in [0.2, 0.25) is 0 Å². The van der Waals surface area contributed by atoms with Crippen molar-refractivity contribution in [3.8, 4) is 0 Å². The molecule has 0 bridgehead atoms. The van der Waals surface area contributed by atoms with Gasteiger partial charge in [-0.25, -0.2) is 0 Å². The molecule has 0 saturated heterocycles. The molecule has 0 atom stereocenters. The molecule has 19 heavy (non-hydrogen) atoms. The van der Waals surface area contributed by atoms with Gasteiger partial charge >= 0.3 is 0 Å². The van der Waals surface area contributed by atoms with E-state index in [9.17, 15) is 0 Å². The number of nitrogens with one attached hydrogen (secondary N) is 1. The Morgan fingerprint density at radius 1 is 1.21 bits per heavy atom. The maximum absolute atomic E-state index is 5.45. The molecule has 1 rings (SSSR count). The number of H-pyrrole nitrogens is 1. The molecular formula is C14H26N2O2S. The van der Waals surface area contributed by atoms with Crippen LogP contribution in [0.4, 0.5) is 0 Å². The Balaban J connectivity index is 2.37. The van der Waals surface area contributed by atoms with E-state index in [1.807, 2.05) is 6.20 Å². The second-order valence-corrected chi connectivity index (χ2v) is 6.08. The third-order valence-corrected chi connectivity index (χ3v) is 3.33. The first kappa shape index (κ1) is 16.4. The zero-order valence-corrected chi connectivity index (χ0v) is 13.3. The van der Waals surface area contributed by atoms with Gasteiger partial charge in [0.1, 0.15) is 0 Å². The van der Waals surface area contributed by atoms with Crippen molar-refractivity contribution in [2.45, 2.75) is 45.6 Å². The molecule has 0 saturated carbocycles. The molecule has 1 heterocycles. The summed E-state index contributed by atoms with van der Waals surface area (Å²) in [5.41, 5.74) is 1.38. The molecule has 110 valence electrons. The van der Waals surface area contributed by atoms with E-state index in [0.29, 0.717) is 13.2 Å². The van der Waals surface area contributed by atoms with Gasteiger partial charge in [0.25, 0.3) is 0 Å². The molecule has 1 N–H and O–H groups in total. The van der Waals surface area contributed by atoms with E-state index in [4.69, 9.17) is 21.7 Å². The highest BCUT2D eigenvalue weighted by Crippen LogP contribution is 2.22. The van der Waals surface area contributed by atoms with Gasteiger partial charge in [0.05, 0.1) is 13.2 Å². The van der Waals surface area contributed by atoms with Gasteiger partial charge in [-0.3, -0.25) is 0 Å². The standard InChI is InChI=1S/C14H26N2O2S/c1-14(2,3)12-11-15-13(19)16(12)7-5-6-8-18-10-9-17-4/h11H,5-10H2,1-4H3,(H,15,19). The Hall–Kier alpha value is -0.650. The van der Waals surface area contributed by atoms with Crippen molar-refractivity contribution < 1.29 is 9.47 Å². The van der Waals surface area contributed by atoms with Crippen molar-refractivity contribution in [1.29, 1.82) is 0 Å². The van der Waals surface area contributed by atoms with Gasteiger partial charge in [0, 0.05) is 37.6 Å². The van der Waals surface area contributed by atoms with Crippen LogP contribution < -0.4 is 0 Å². The number of imidazole rings is 1. The summed E-state index contributed by atoms with van der Waals surface area (Å²) < 4.78 is 13.4. The predicted octanol–water partition coefficient (Wildman–Crippen LogP) is 3.29. The fraction of sp³-hybridized carbons (Fsp3) is 0.786. The van der Waals surface area contributed by atoms with Crippen molar-refractivity contribution >= 4 is 12.2 Å². The van der Waals surface area contributed by atoms with Crippen molar-refractivity contribution in [3.63, 3.8) is 0 Å². The molecule has 5 heteroatoms. The molecule has 1 aromatic heterocycles. The number of hydrogen-bond acceptors (Lipinski definition) is 3. The van der Waals surface area contributed by atoms with Crippen LogP contribution in [-0.2, 0) is 21.4 Å². The Kier molecular flexibility index (Phi) is 6.75. The maximum Gasteiger partial charge on any atom is 0.177 e. The zero-order chi connectivity index (χ0) is 14.3. The highest BCUT2D eigenvalue weighted by Gasteiger charge is 2.18. The fourth-order valence-corrected chi connectivity index (χ4v) is 2.21. The number of hydrogen-bond donors (Lipinski definition) is 1. The Labute approximate surface area is 121 Å². The summed E-state index contributed by atoms with van der Waals surface area (Å²) >= 11 is 5.34. The zero-order valence-electron chi connectivity index (χ0n) is 12.5. The van der Waals surface area contributed by atoms with E-state index in [-0.39, 0.29) is 5.41 Å². The van der Waals surface area contributed by atoms with Crippen LogP contribution in [0.5, 0.6) is 0 Å². The van der Waals surface area contributed by atoms with Crippen molar-refractivity contribution in [2.24, 2.45) is 0 Å². The minimum Gasteiger partial charge on any atom is -0.382 e. The number of aromatic nitrogens is 2. The average molecular weight is 286 g/mol. The van der Waals surface area contributed by atoms with Crippen molar-refractivity contribution in [2.75, 3.05) is 26.9 Å². The Bertz CT molecular complexity index is 418. The number of nitrogens with zero attached hydrogens (tertiary/aromatic N) is 1. The monoisotopic (exact) mass is 286 g/mol. The highest BCUT2D eigenvalue weighted by atomic mass is 32.1. The minimum absolute atomic E-state index is 0.114. The van der Waals surface area contributed by atoms with Crippen molar-refractivity contribution in [1.82, 2.24) is 9.55 Å². The van der Waals surface area contributed by atoms with Crippen LogP contribution in [-0.4, -0.2) is 36.5 Å². The average Bonchev–Trinajstić information content (AvgIpc) is 2.69. The van der Waals surface area contributed by atoms with Gasteiger partial charge in [0.2, 0.25) is 0 Å². The van der Waals surface area contributed by atoms with Crippen LogP contribution in [0.25, 0.3) is 0 Å². The first-order valence-electron chi connectivity index (χ1n) is 6.82. The lowest BCUT2D eigenvalue weighted by atomic mass is 9.92. The number of ether oxygens (including phenoxy) is 2. The van der Waals surface area contributed by atoms with Crippen LogP contribution in [0.15, 0.2) is 6.20 Å². The summed E-state index contributed by atoms with van der Waals surface area (Å²) in [6, 6.07) is 0. The van der Waals surface area contributed by atoms with Crippen LogP contribution >= 0.6 is 12.2 Å². The van der Waals surface area contributed by atoms with E-state index in [0.717, 1.165) is 30.8 Å². The van der Waals surface area contributed by atoms with Gasteiger partial charge in [-0.2, -0.15) is 0 Å². The van der Waals surface area contributed by atoms with Gasteiger partial charge in [0.15, 0.2) is 4.77 Å². The second kappa shape index (κ2) is 7.82. The quantitative estimate of drug-likeness (QED) is 0.589. The molecule has 0 aliphatic rings. The van der Waals surface area contributed by atoms with Gasteiger partial charge in [-0.15, -0.1) is 0 Å². The lowest BCUT2D eigenvalue weighted by Crippen LogP contribution is -2.18. The van der Waals surface area contributed by atoms with E-state index in [1.54, 1.807) is 7.11 Å². The molecule has 0 aliphatic heterocycles. The van der Waals surface area contributed by atoms with Crippen molar-refractivity contribution in [3.05, 3.63) is 16.7 Å². The van der Waals surface area contributed by atoms with E-state index < -0.39 is 0 Å². The molecule has 0 amide bonds. The van der Waals surface area contributed by atoms with Gasteiger partial charge in [-0.05, 0) is 25.1 Å². The van der Waals surface area contributed by atoms with Crippen LogP contribution in [0.1, 0.15) is 39.3 Å². The third-order valence-electron chi connectivity index (χ3n) is 2.99. The lowest BCUT2D eigenvalue weighted by Gasteiger charge is -2.20. The van der Waals surface area contributed by atoms with Gasteiger partial charge < -0.3 is 19.0 Å². The summed E-state index contributed by atoms with van der Waals surface area (Å²) in [7, 11) is 1.69. The summed E-state index contributed by atoms with van der Waals surface area (Å²) in [6.45, 7) is 9.68. The largest absolute Gasteiger partial charge is 0.382 e. The van der Waals surface area contributed by atoms with E-state index in [1.165, 1.54) is 5.69 Å². The number of unbranched alkanes of at least 4 members (excludes halogenated alkanes) is 1. The van der Waals surface area contributed by atoms with Crippen LogP contribution in [0, 0.1) is 4.77 Å². The summed E-state index contributed by atoms with van der Waals surface area (Å²) in [5, 5.41) is 0. The normalized spacial score (nSPS) is 12.0. The summed E-state index contributed by atoms with van der Waals surface area (Å²) in [5.74, 6) is 0. The molecule has 1 aromatic rings. The molecule has 4 nitrogen and oxygen atoms in total. The fourth-order valence-electron chi connectivity index (χ4n) is 1.96. The van der Waals surface area contributed by atoms with E-state index in [2.05, 4.69) is 30.3 Å². The molecule has 0 spiro atoms. The first-order chi connectivity index (χ1) is 8.96.